The average Bonchev–Trinajstić information content (AvgIpc) is 3.11. The Hall–Kier alpha value is -1.35. The van der Waals surface area contributed by atoms with E-state index in [1.165, 1.54) is 7.11 Å². The molecular formula is C12H14O3. The molecule has 3 nitrogen and oxygen atoms in total. The Morgan fingerprint density at radius 2 is 2.00 bits per heavy atom. The Kier molecular flexibility index (Phi) is 2.73. The highest BCUT2D eigenvalue weighted by Crippen LogP contribution is 2.40. The SMILES string of the molecule is COC(=O)c1ccc([C@@H](O)C2CC2)cc1. The van der Waals surface area contributed by atoms with Gasteiger partial charge in [-0.2, -0.15) is 0 Å². The minimum atomic E-state index is -0.378. The molecule has 0 unspecified atom stereocenters. The van der Waals surface area contributed by atoms with Crippen LogP contribution in [-0.2, 0) is 4.74 Å². The van der Waals surface area contributed by atoms with E-state index in [2.05, 4.69) is 4.74 Å². The molecule has 0 amide bonds. The van der Waals surface area contributed by atoms with Crippen LogP contribution in [0.2, 0.25) is 0 Å². The van der Waals surface area contributed by atoms with Crippen molar-refractivity contribution in [2.75, 3.05) is 7.11 Å². The second kappa shape index (κ2) is 4.03. The summed E-state index contributed by atoms with van der Waals surface area (Å²) in [5.41, 5.74) is 1.40. The molecule has 15 heavy (non-hydrogen) atoms. The standard InChI is InChI=1S/C12H14O3/c1-15-12(14)10-6-4-9(5-7-10)11(13)8-2-3-8/h4-8,11,13H,2-3H2,1H3/t11-/m0/s1. The topological polar surface area (TPSA) is 46.5 Å². The van der Waals surface area contributed by atoms with Crippen molar-refractivity contribution in [2.45, 2.75) is 18.9 Å². The molecule has 3 heteroatoms. The number of rotatable bonds is 3. The van der Waals surface area contributed by atoms with Crippen molar-refractivity contribution in [3.05, 3.63) is 35.4 Å². The molecule has 0 spiro atoms. The molecule has 1 aromatic rings. The molecule has 1 N–H and O–H groups in total. The van der Waals surface area contributed by atoms with Gasteiger partial charge in [0.05, 0.1) is 18.8 Å². The lowest BCUT2D eigenvalue weighted by atomic mass is 10.0. The molecule has 1 aromatic carbocycles. The van der Waals surface area contributed by atoms with Crippen molar-refractivity contribution in [2.24, 2.45) is 5.92 Å². The van der Waals surface area contributed by atoms with E-state index in [1.54, 1.807) is 24.3 Å². The molecule has 1 saturated carbocycles. The van der Waals surface area contributed by atoms with Crippen molar-refractivity contribution in [3.63, 3.8) is 0 Å². The fourth-order valence-corrected chi connectivity index (χ4v) is 1.62. The first-order valence-corrected chi connectivity index (χ1v) is 5.08. The summed E-state index contributed by atoms with van der Waals surface area (Å²) in [6.45, 7) is 0. The van der Waals surface area contributed by atoms with Crippen LogP contribution >= 0.6 is 0 Å². The lowest BCUT2D eigenvalue weighted by Gasteiger charge is -2.09. The Labute approximate surface area is 88.7 Å². The molecule has 1 atom stereocenters. The smallest absolute Gasteiger partial charge is 0.337 e. The van der Waals surface area contributed by atoms with Gasteiger partial charge in [-0.05, 0) is 36.5 Å². The van der Waals surface area contributed by atoms with Crippen LogP contribution in [0.3, 0.4) is 0 Å². The highest BCUT2D eigenvalue weighted by Gasteiger charge is 2.30. The molecule has 1 aliphatic carbocycles. The van der Waals surface area contributed by atoms with Crippen LogP contribution < -0.4 is 0 Å². The maximum atomic E-state index is 11.2. The normalized spacial score (nSPS) is 17.2. The third kappa shape index (κ3) is 2.18. The van der Waals surface area contributed by atoms with Crippen molar-refractivity contribution in [3.8, 4) is 0 Å². The van der Waals surface area contributed by atoms with Gasteiger partial charge < -0.3 is 9.84 Å². The van der Waals surface area contributed by atoms with Gasteiger partial charge in [-0.1, -0.05) is 12.1 Å². The zero-order chi connectivity index (χ0) is 10.8. The van der Waals surface area contributed by atoms with Crippen molar-refractivity contribution in [1.29, 1.82) is 0 Å². The van der Waals surface area contributed by atoms with Crippen molar-refractivity contribution >= 4 is 5.97 Å². The van der Waals surface area contributed by atoms with Crippen LogP contribution in [0.5, 0.6) is 0 Å². The Morgan fingerprint density at radius 3 is 2.47 bits per heavy atom. The number of aliphatic hydroxyl groups is 1. The van der Waals surface area contributed by atoms with E-state index in [-0.39, 0.29) is 12.1 Å². The van der Waals surface area contributed by atoms with E-state index < -0.39 is 0 Å². The van der Waals surface area contributed by atoms with Crippen LogP contribution in [0.4, 0.5) is 0 Å². The molecule has 0 aliphatic heterocycles. The fourth-order valence-electron chi connectivity index (χ4n) is 1.62. The Bertz CT molecular complexity index is 352. The van der Waals surface area contributed by atoms with E-state index in [0.717, 1.165) is 18.4 Å². The zero-order valence-electron chi connectivity index (χ0n) is 8.64. The molecule has 0 heterocycles. The first kappa shape index (κ1) is 10.2. The van der Waals surface area contributed by atoms with Crippen LogP contribution in [0.1, 0.15) is 34.9 Å². The van der Waals surface area contributed by atoms with Gasteiger partial charge in [-0.3, -0.25) is 0 Å². The highest BCUT2D eigenvalue weighted by molar-refractivity contribution is 5.89. The molecule has 0 aromatic heterocycles. The molecule has 1 fully saturated rings. The molecule has 2 rings (SSSR count). The molecule has 0 radical (unpaired) electrons. The number of esters is 1. The zero-order valence-corrected chi connectivity index (χ0v) is 8.64. The monoisotopic (exact) mass is 206 g/mol. The summed E-state index contributed by atoms with van der Waals surface area (Å²) >= 11 is 0. The number of ether oxygens (including phenoxy) is 1. The van der Waals surface area contributed by atoms with Gasteiger partial charge in [0.2, 0.25) is 0 Å². The first-order valence-electron chi connectivity index (χ1n) is 5.08. The second-order valence-electron chi connectivity index (χ2n) is 3.90. The van der Waals surface area contributed by atoms with E-state index in [9.17, 15) is 9.90 Å². The average molecular weight is 206 g/mol. The van der Waals surface area contributed by atoms with Crippen molar-refractivity contribution in [1.82, 2.24) is 0 Å². The molecule has 0 saturated heterocycles. The predicted octanol–water partition coefficient (Wildman–Crippen LogP) is 1.92. The lowest BCUT2D eigenvalue weighted by molar-refractivity contribution is 0.0600. The number of hydrogen-bond donors (Lipinski definition) is 1. The van der Waals surface area contributed by atoms with Crippen LogP contribution in [0.15, 0.2) is 24.3 Å². The van der Waals surface area contributed by atoms with E-state index in [0.29, 0.717) is 11.5 Å². The largest absolute Gasteiger partial charge is 0.465 e. The van der Waals surface area contributed by atoms with Gasteiger partial charge in [0.15, 0.2) is 0 Å². The molecule has 0 bridgehead atoms. The van der Waals surface area contributed by atoms with Crippen LogP contribution in [0.25, 0.3) is 0 Å². The minimum Gasteiger partial charge on any atom is -0.465 e. The summed E-state index contributed by atoms with van der Waals surface area (Å²) in [7, 11) is 1.36. The number of methoxy groups -OCH3 is 1. The Balaban J connectivity index is 2.12. The van der Waals surface area contributed by atoms with Gasteiger partial charge in [-0.15, -0.1) is 0 Å². The van der Waals surface area contributed by atoms with Crippen LogP contribution in [0, 0.1) is 5.92 Å². The minimum absolute atomic E-state index is 0.345. The summed E-state index contributed by atoms with van der Waals surface area (Å²) in [6.07, 6.45) is 1.82. The second-order valence-corrected chi connectivity index (χ2v) is 3.90. The summed E-state index contributed by atoms with van der Waals surface area (Å²) < 4.78 is 4.59. The van der Waals surface area contributed by atoms with Crippen LogP contribution in [-0.4, -0.2) is 18.2 Å². The summed E-state index contributed by atoms with van der Waals surface area (Å²) in [5.74, 6) is 0.0661. The Morgan fingerprint density at radius 1 is 1.40 bits per heavy atom. The summed E-state index contributed by atoms with van der Waals surface area (Å²) in [5, 5.41) is 9.83. The highest BCUT2D eigenvalue weighted by atomic mass is 16.5. The van der Waals surface area contributed by atoms with E-state index in [4.69, 9.17) is 0 Å². The molecular weight excluding hydrogens is 192 g/mol. The first-order chi connectivity index (χ1) is 7.22. The third-order valence-electron chi connectivity index (χ3n) is 2.74. The van der Waals surface area contributed by atoms with Gasteiger partial charge in [0.25, 0.3) is 0 Å². The third-order valence-corrected chi connectivity index (χ3v) is 2.74. The quantitative estimate of drug-likeness (QED) is 0.768. The van der Waals surface area contributed by atoms with Crippen molar-refractivity contribution < 1.29 is 14.6 Å². The fraction of sp³-hybridized carbons (Fsp3) is 0.417. The maximum Gasteiger partial charge on any atom is 0.337 e. The summed E-state index contributed by atoms with van der Waals surface area (Å²) in [6, 6.07) is 6.95. The van der Waals surface area contributed by atoms with E-state index >= 15 is 0 Å². The van der Waals surface area contributed by atoms with Gasteiger partial charge in [0, 0.05) is 0 Å². The summed E-state index contributed by atoms with van der Waals surface area (Å²) in [4.78, 5) is 11.2. The van der Waals surface area contributed by atoms with E-state index in [1.807, 2.05) is 0 Å². The molecule has 80 valence electrons. The number of benzene rings is 1. The number of aliphatic hydroxyl groups excluding tert-OH is 1. The number of carbonyl (C=O) groups excluding carboxylic acids is 1. The maximum absolute atomic E-state index is 11.2. The van der Waals surface area contributed by atoms with Gasteiger partial charge in [-0.25, -0.2) is 4.79 Å². The van der Waals surface area contributed by atoms with Gasteiger partial charge in [0.1, 0.15) is 0 Å². The molecule has 1 aliphatic rings. The number of hydrogen-bond acceptors (Lipinski definition) is 3. The number of carbonyl (C=O) groups is 1. The predicted molar refractivity (Wildman–Crippen MR) is 55.5 cm³/mol. The lowest BCUT2D eigenvalue weighted by Crippen LogP contribution is -2.03. The van der Waals surface area contributed by atoms with Gasteiger partial charge >= 0.3 is 5.97 Å².